The van der Waals surface area contributed by atoms with Crippen LogP contribution in [0.5, 0.6) is 0 Å². The minimum atomic E-state index is -1.05. The Kier molecular flexibility index (Phi) is 2.07. The number of benzene rings is 1. The highest BCUT2D eigenvalue weighted by atomic mass is 16.4. The van der Waals surface area contributed by atoms with Crippen molar-refractivity contribution < 1.29 is 14.7 Å². The van der Waals surface area contributed by atoms with Gasteiger partial charge in [0.15, 0.2) is 0 Å². The molecule has 0 saturated carbocycles. The number of carboxylic acid groups (broad SMARTS) is 1. The Labute approximate surface area is 86.1 Å². The molecule has 78 valence electrons. The molecule has 2 rings (SSSR count). The topological polar surface area (TPSA) is 78.4 Å². The summed E-state index contributed by atoms with van der Waals surface area (Å²) in [6.45, 7) is 1.71. The van der Waals surface area contributed by atoms with Gasteiger partial charge in [0.1, 0.15) is 6.04 Å². The fourth-order valence-electron chi connectivity index (χ4n) is 1.52. The Hall–Kier alpha value is -2.04. The summed E-state index contributed by atoms with van der Waals surface area (Å²) in [6, 6.07) is 4.48. The van der Waals surface area contributed by atoms with E-state index >= 15 is 0 Å². The number of aromatic carboxylic acids is 1. The number of nitrogens with one attached hydrogen (secondary N) is 2. The third-order valence-electron chi connectivity index (χ3n) is 2.31. The predicted molar refractivity (Wildman–Crippen MR) is 55.1 cm³/mol. The molecule has 1 aromatic carbocycles. The predicted octanol–water partition coefficient (Wildman–Crippen LogP) is 1.14. The molecule has 0 radical (unpaired) electrons. The number of hydrogen-bond donors (Lipinski definition) is 3. The number of hydrogen-bond acceptors (Lipinski definition) is 3. The van der Waals surface area contributed by atoms with Crippen molar-refractivity contribution >= 4 is 23.3 Å². The summed E-state index contributed by atoms with van der Waals surface area (Å²) in [5, 5.41) is 14.4. The standard InChI is InChI=1S/C10H10N2O3/c1-5-9(13)12-8-6(10(14)15)3-2-4-7(8)11-5/h2-5,11H,1H3,(H,12,13)(H,14,15). The SMILES string of the molecule is CC1Nc2cccc(C(=O)O)c2NC1=O. The minimum absolute atomic E-state index is 0.0975. The van der Waals surface area contributed by atoms with Crippen molar-refractivity contribution in [3.8, 4) is 0 Å². The maximum Gasteiger partial charge on any atom is 0.337 e. The monoisotopic (exact) mass is 206 g/mol. The van der Waals surface area contributed by atoms with Crippen LogP contribution in [0.15, 0.2) is 18.2 Å². The molecule has 5 nitrogen and oxygen atoms in total. The first kappa shape index (κ1) is 9.51. The van der Waals surface area contributed by atoms with E-state index in [2.05, 4.69) is 10.6 Å². The van der Waals surface area contributed by atoms with Crippen LogP contribution in [0.25, 0.3) is 0 Å². The largest absolute Gasteiger partial charge is 0.478 e. The van der Waals surface area contributed by atoms with E-state index in [0.717, 1.165) is 0 Å². The van der Waals surface area contributed by atoms with Crippen LogP contribution in [0.4, 0.5) is 11.4 Å². The normalized spacial score (nSPS) is 18.7. The Morgan fingerprint density at radius 1 is 1.47 bits per heavy atom. The van der Waals surface area contributed by atoms with Gasteiger partial charge >= 0.3 is 5.97 Å². The zero-order valence-corrected chi connectivity index (χ0v) is 8.07. The van der Waals surface area contributed by atoms with Gasteiger partial charge in [-0.05, 0) is 19.1 Å². The summed E-state index contributed by atoms with van der Waals surface area (Å²) < 4.78 is 0. The van der Waals surface area contributed by atoms with Crippen molar-refractivity contribution in [1.82, 2.24) is 0 Å². The third-order valence-corrected chi connectivity index (χ3v) is 2.31. The molecule has 0 spiro atoms. The average molecular weight is 206 g/mol. The molecule has 0 fully saturated rings. The van der Waals surface area contributed by atoms with Crippen molar-refractivity contribution in [1.29, 1.82) is 0 Å². The van der Waals surface area contributed by atoms with Crippen LogP contribution < -0.4 is 10.6 Å². The van der Waals surface area contributed by atoms with Gasteiger partial charge in [-0.15, -0.1) is 0 Å². The van der Waals surface area contributed by atoms with Crippen molar-refractivity contribution in [2.24, 2.45) is 0 Å². The van der Waals surface area contributed by atoms with E-state index in [9.17, 15) is 9.59 Å². The van der Waals surface area contributed by atoms with Gasteiger partial charge in [-0.25, -0.2) is 4.79 Å². The molecule has 1 atom stereocenters. The first-order valence-electron chi connectivity index (χ1n) is 4.53. The number of carboxylic acids is 1. The molecule has 5 heteroatoms. The van der Waals surface area contributed by atoms with Crippen molar-refractivity contribution in [2.75, 3.05) is 10.6 Å². The van der Waals surface area contributed by atoms with E-state index in [4.69, 9.17) is 5.11 Å². The summed E-state index contributed by atoms with van der Waals surface area (Å²) in [6.07, 6.45) is 0. The van der Waals surface area contributed by atoms with Gasteiger partial charge in [0, 0.05) is 0 Å². The van der Waals surface area contributed by atoms with Crippen LogP contribution in [0.1, 0.15) is 17.3 Å². The van der Waals surface area contributed by atoms with Gasteiger partial charge in [-0.1, -0.05) is 6.07 Å². The lowest BCUT2D eigenvalue weighted by molar-refractivity contribution is -0.116. The Bertz CT molecular complexity index is 442. The zero-order chi connectivity index (χ0) is 11.0. The second-order valence-corrected chi connectivity index (χ2v) is 3.39. The third kappa shape index (κ3) is 1.52. The van der Waals surface area contributed by atoms with Gasteiger partial charge in [0.05, 0.1) is 16.9 Å². The van der Waals surface area contributed by atoms with Gasteiger partial charge < -0.3 is 15.7 Å². The molecule has 1 amide bonds. The molecule has 1 aliphatic rings. The smallest absolute Gasteiger partial charge is 0.337 e. The van der Waals surface area contributed by atoms with Crippen LogP contribution in [-0.4, -0.2) is 23.0 Å². The lowest BCUT2D eigenvalue weighted by atomic mass is 10.1. The van der Waals surface area contributed by atoms with Crippen LogP contribution in [0.2, 0.25) is 0 Å². The summed E-state index contributed by atoms with van der Waals surface area (Å²) in [5.74, 6) is -1.28. The van der Waals surface area contributed by atoms with Crippen LogP contribution in [0.3, 0.4) is 0 Å². The number of para-hydroxylation sites is 1. The van der Waals surface area contributed by atoms with Gasteiger partial charge in [0.25, 0.3) is 0 Å². The number of amides is 1. The first-order chi connectivity index (χ1) is 7.09. The van der Waals surface area contributed by atoms with Crippen LogP contribution in [0, 0.1) is 0 Å². The first-order valence-corrected chi connectivity index (χ1v) is 4.53. The quantitative estimate of drug-likeness (QED) is 0.643. The fourth-order valence-corrected chi connectivity index (χ4v) is 1.52. The zero-order valence-electron chi connectivity index (χ0n) is 8.07. The van der Waals surface area contributed by atoms with E-state index in [1.807, 2.05) is 0 Å². The average Bonchev–Trinajstić information content (AvgIpc) is 2.18. The van der Waals surface area contributed by atoms with E-state index < -0.39 is 5.97 Å². The Balaban J connectivity index is 2.52. The molecule has 0 aromatic heterocycles. The number of fused-ring (bicyclic) bond motifs is 1. The van der Waals surface area contributed by atoms with Crippen molar-refractivity contribution in [2.45, 2.75) is 13.0 Å². The van der Waals surface area contributed by atoms with Crippen molar-refractivity contribution in [3.63, 3.8) is 0 Å². The maximum atomic E-state index is 11.4. The number of carbonyl (C=O) groups excluding carboxylic acids is 1. The van der Waals surface area contributed by atoms with Gasteiger partial charge in [-0.3, -0.25) is 4.79 Å². The number of rotatable bonds is 1. The Morgan fingerprint density at radius 3 is 2.87 bits per heavy atom. The molecule has 1 aromatic rings. The van der Waals surface area contributed by atoms with E-state index in [-0.39, 0.29) is 17.5 Å². The molecular formula is C10H10N2O3. The molecular weight excluding hydrogens is 196 g/mol. The summed E-state index contributed by atoms with van der Waals surface area (Å²) in [7, 11) is 0. The van der Waals surface area contributed by atoms with Gasteiger partial charge in [-0.2, -0.15) is 0 Å². The minimum Gasteiger partial charge on any atom is -0.478 e. The fraction of sp³-hybridized carbons (Fsp3) is 0.200. The molecule has 1 heterocycles. The second kappa shape index (κ2) is 3.27. The van der Waals surface area contributed by atoms with Gasteiger partial charge in [0.2, 0.25) is 5.91 Å². The highest BCUT2D eigenvalue weighted by Crippen LogP contribution is 2.30. The van der Waals surface area contributed by atoms with Crippen LogP contribution >= 0.6 is 0 Å². The molecule has 0 aliphatic carbocycles. The lowest BCUT2D eigenvalue weighted by Crippen LogP contribution is -2.37. The van der Waals surface area contributed by atoms with Crippen LogP contribution in [-0.2, 0) is 4.79 Å². The summed E-state index contributed by atoms with van der Waals surface area (Å²) >= 11 is 0. The van der Waals surface area contributed by atoms with E-state index in [0.29, 0.717) is 11.4 Å². The summed E-state index contributed by atoms with van der Waals surface area (Å²) in [5.41, 5.74) is 1.08. The lowest BCUT2D eigenvalue weighted by Gasteiger charge is -2.25. The molecule has 15 heavy (non-hydrogen) atoms. The van der Waals surface area contributed by atoms with E-state index in [1.54, 1.807) is 19.1 Å². The molecule has 0 saturated heterocycles. The summed E-state index contributed by atoms with van der Waals surface area (Å²) in [4.78, 5) is 22.2. The molecule has 0 bridgehead atoms. The second-order valence-electron chi connectivity index (χ2n) is 3.39. The van der Waals surface area contributed by atoms with E-state index in [1.165, 1.54) is 6.07 Å². The number of carbonyl (C=O) groups is 2. The van der Waals surface area contributed by atoms with Crippen molar-refractivity contribution in [3.05, 3.63) is 23.8 Å². The highest BCUT2D eigenvalue weighted by Gasteiger charge is 2.24. The molecule has 3 N–H and O–H groups in total. The maximum absolute atomic E-state index is 11.4. The number of anilines is 2. The highest BCUT2D eigenvalue weighted by molar-refractivity contribution is 6.09. The molecule has 1 unspecified atom stereocenters. The Morgan fingerprint density at radius 2 is 2.20 bits per heavy atom. The molecule has 1 aliphatic heterocycles.